The normalized spacial score (nSPS) is 17.4. The molecule has 0 spiro atoms. The summed E-state index contributed by atoms with van der Waals surface area (Å²) in [5.41, 5.74) is 0.0440. The van der Waals surface area contributed by atoms with Crippen molar-refractivity contribution in [3.05, 3.63) is 35.4 Å². The number of carbonyl (C=O) groups is 1. The molecule has 0 atom stereocenters. The molecular formula is C14H18F2N2O3S. The van der Waals surface area contributed by atoms with Gasteiger partial charge in [-0.2, -0.15) is 0 Å². The molecule has 1 aliphatic heterocycles. The van der Waals surface area contributed by atoms with E-state index in [1.165, 1.54) is 10.4 Å². The molecule has 0 unspecified atom stereocenters. The molecule has 0 aliphatic carbocycles. The molecule has 1 heterocycles. The predicted molar refractivity (Wildman–Crippen MR) is 77.9 cm³/mol. The number of benzene rings is 1. The van der Waals surface area contributed by atoms with Gasteiger partial charge >= 0.3 is 0 Å². The van der Waals surface area contributed by atoms with Crippen LogP contribution in [-0.2, 0) is 10.0 Å². The quantitative estimate of drug-likeness (QED) is 0.909. The summed E-state index contributed by atoms with van der Waals surface area (Å²) in [6.45, 7) is 2.28. The third kappa shape index (κ3) is 3.80. The highest BCUT2D eigenvalue weighted by atomic mass is 32.2. The van der Waals surface area contributed by atoms with Crippen molar-refractivity contribution < 1.29 is 22.0 Å². The average molecular weight is 332 g/mol. The Morgan fingerprint density at radius 1 is 1.27 bits per heavy atom. The van der Waals surface area contributed by atoms with Crippen molar-refractivity contribution in [2.75, 3.05) is 18.8 Å². The Kier molecular flexibility index (Phi) is 5.12. The number of hydrogen-bond acceptors (Lipinski definition) is 3. The number of nitrogens with zero attached hydrogens (tertiary/aromatic N) is 1. The van der Waals surface area contributed by atoms with Gasteiger partial charge in [0.15, 0.2) is 11.6 Å². The third-order valence-electron chi connectivity index (χ3n) is 3.73. The van der Waals surface area contributed by atoms with E-state index in [1.54, 1.807) is 6.92 Å². The first-order valence-corrected chi connectivity index (χ1v) is 8.68. The molecule has 1 N–H and O–H groups in total. The number of rotatable bonds is 4. The van der Waals surface area contributed by atoms with Gasteiger partial charge < -0.3 is 5.32 Å². The summed E-state index contributed by atoms with van der Waals surface area (Å²) in [6.07, 6.45) is 0.989. The van der Waals surface area contributed by atoms with Crippen LogP contribution in [0.25, 0.3) is 0 Å². The summed E-state index contributed by atoms with van der Waals surface area (Å²) in [5, 5.41) is 2.72. The van der Waals surface area contributed by atoms with Crippen molar-refractivity contribution in [3.63, 3.8) is 0 Å². The van der Waals surface area contributed by atoms with E-state index in [0.29, 0.717) is 25.9 Å². The molecule has 1 saturated heterocycles. The molecular weight excluding hydrogens is 314 g/mol. The standard InChI is InChI=1S/C14H18F2N2O3S/c1-2-22(20,21)18-7-5-11(6-8-18)17-14(19)10-3-4-12(15)13(16)9-10/h3-4,9,11H,2,5-8H2,1H3,(H,17,19). The van der Waals surface area contributed by atoms with Gasteiger partial charge in [-0.3, -0.25) is 4.79 Å². The first kappa shape index (κ1) is 16.8. The van der Waals surface area contributed by atoms with Gasteiger partial charge in [-0.15, -0.1) is 0 Å². The molecule has 1 fully saturated rings. The maximum atomic E-state index is 13.1. The van der Waals surface area contributed by atoms with Crippen LogP contribution in [0.15, 0.2) is 18.2 Å². The van der Waals surface area contributed by atoms with Crippen LogP contribution in [0.2, 0.25) is 0 Å². The van der Waals surface area contributed by atoms with Gasteiger partial charge in [-0.1, -0.05) is 0 Å². The number of piperidine rings is 1. The smallest absolute Gasteiger partial charge is 0.251 e. The van der Waals surface area contributed by atoms with Crippen LogP contribution in [0.4, 0.5) is 8.78 Å². The van der Waals surface area contributed by atoms with E-state index in [4.69, 9.17) is 0 Å². The number of halogens is 2. The first-order valence-electron chi connectivity index (χ1n) is 7.07. The maximum Gasteiger partial charge on any atom is 0.251 e. The van der Waals surface area contributed by atoms with Crippen LogP contribution < -0.4 is 5.32 Å². The molecule has 0 saturated carbocycles. The van der Waals surface area contributed by atoms with Crippen molar-refractivity contribution in [3.8, 4) is 0 Å². The fraction of sp³-hybridized carbons (Fsp3) is 0.500. The molecule has 5 nitrogen and oxygen atoms in total. The minimum atomic E-state index is -3.21. The molecule has 1 amide bonds. The molecule has 1 aromatic carbocycles. The fourth-order valence-electron chi connectivity index (χ4n) is 2.37. The Morgan fingerprint density at radius 2 is 1.91 bits per heavy atom. The number of carbonyl (C=O) groups excluding carboxylic acids is 1. The second-order valence-electron chi connectivity index (χ2n) is 5.18. The largest absolute Gasteiger partial charge is 0.349 e. The van der Waals surface area contributed by atoms with Crippen molar-refractivity contribution in [1.82, 2.24) is 9.62 Å². The molecule has 8 heteroatoms. The van der Waals surface area contributed by atoms with E-state index in [2.05, 4.69) is 5.32 Å². The van der Waals surface area contributed by atoms with Gasteiger partial charge in [0.05, 0.1) is 5.75 Å². The lowest BCUT2D eigenvalue weighted by Gasteiger charge is -2.31. The molecule has 0 aromatic heterocycles. The Morgan fingerprint density at radius 3 is 2.45 bits per heavy atom. The zero-order valence-electron chi connectivity index (χ0n) is 12.2. The highest BCUT2D eigenvalue weighted by Gasteiger charge is 2.27. The Labute approximate surface area is 128 Å². The van der Waals surface area contributed by atoms with E-state index in [-0.39, 0.29) is 17.4 Å². The van der Waals surface area contributed by atoms with Crippen LogP contribution in [0.1, 0.15) is 30.1 Å². The lowest BCUT2D eigenvalue weighted by Crippen LogP contribution is -2.46. The monoisotopic (exact) mass is 332 g/mol. The van der Waals surface area contributed by atoms with Crippen molar-refractivity contribution >= 4 is 15.9 Å². The van der Waals surface area contributed by atoms with E-state index >= 15 is 0 Å². The van der Waals surface area contributed by atoms with Gasteiger partial charge in [-0.25, -0.2) is 21.5 Å². The van der Waals surface area contributed by atoms with Gasteiger partial charge in [0, 0.05) is 24.7 Å². The number of nitrogens with one attached hydrogen (secondary N) is 1. The summed E-state index contributed by atoms with van der Waals surface area (Å²) in [4.78, 5) is 12.0. The zero-order valence-corrected chi connectivity index (χ0v) is 13.0. The summed E-state index contributed by atoms with van der Waals surface area (Å²) in [5.74, 6) is -2.51. The molecule has 0 bridgehead atoms. The second-order valence-corrected chi connectivity index (χ2v) is 7.43. The summed E-state index contributed by atoms with van der Waals surface area (Å²) in [7, 11) is -3.21. The van der Waals surface area contributed by atoms with Crippen LogP contribution >= 0.6 is 0 Å². The Balaban J connectivity index is 1.93. The summed E-state index contributed by atoms with van der Waals surface area (Å²) >= 11 is 0. The van der Waals surface area contributed by atoms with E-state index in [9.17, 15) is 22.0 Å². The predicted octanol–water partition coefficient (Wildman–Crippen LogP) is 1.51. The minimum Gasteiger partial charge on any atom is -0.349 e. The lowest BCUT2D eigenvalue weighted by atomic mass is 10.1. The van der Waals surface area contributed by atoms with E-state index in [0.717, 1.165) is 12.1 Å². The molecule has 1 aliphatic rings. The number of amides is 1. The summed E-state index contributed by atoms with van der Waals surface area (Å²) in [6, 6.07) is 2.79. The highest BCUT2D eigenvalue weighted by Crippen LogP contribution is 2.15. The van der Waals surface area contributed by atoms with Crippen LogP contribution in [0.3, 0.4) is 0 Å². The lowest BCUT2D eigenvalue weighted by molar-refractivity contribution is 0.0923. The molecule has 1 aromatic rings. The number of sulfonamides is 1. The minimum absolute atomic E-state index is 0.0440. The first-order chi connectivity index (χ1) is 10.3. The average Bonchev–Trinajstić information content (AvgIpc) is 2.50. The molecule has 22 heavy (non-hydrogen) atoms. The van der Waals surface area contributed by atoms with E-state index in [1.807, 2.05) is 0 Å². The van der Waals surface area contributed by atoms with Crippen molar-refractivity contribution in [1.29, 1.82) is 0 Å². The SMILES string of the molecule is CCS(=O)(=O)N1CCC(NC(=O)c2ccc(F)c(F)c2)CC1. The second kappa shape index (κ2) is 6.70. The van der Waals surface area contributed by atoms with E-state index < -0.39 is 27.6 Å². The van der Waals surface area contributed by atoms with Crippen LogP contribution in [0.5, 0.6) is 0 Å². The Hall–Kier alpha value is -1.54. The highest BCUT2D eigenvalue weighted by molar-refractivity contribution is 7.89. The van der Waals surface area contributed by atoms with Gasteiger partial charge in [0.1, 0.15) is 0 Å². The van der Waals surface area contributed by atoms with Crippen molar-refractivity contribution in [2.45, 2.75) is 25.8 Å². The van der Waals surface area contributed by atoms with Gasteiger partial charge in [0.2, 0.25) is 10.0 Å². The van der Waals surface area contributed by atoms with Gasteiger partial charge in [-0.05, 0) is 38.0 Å². The summed E-state index contributed by atoms with van der Waals surface area (Å²) < 4.78 is 50.8. The van der Waals surface area contributed by atoms with Crippen molar-refractivity contribution in [2.24, 2.45) is 0 Å². The fourth-order valence-corrected chi connectivity index (χ4v) is 3.50. The maximum absolute atomic E-state index is 13.1. The Bertz CT molecular complexity index is 656. The number of hydrogen-bond donors (Lipinski definition) is 1. The molecule has 0 radical (unpaired) electrons. The molecule has 122 valence electrons. The van der Waals surface area contributed by atoms with Gasteiger partial charge in [0.25, 0.3) is 5.91 Å². The molecule has 2 rings (SSSR count). The third-order valence-corrected chi connectivity index (χ3v) is 5.61. The topological polar surface area (TPSA) is 66.5 Å². The van der Waals surface area contributed by atoms with Crippen LogP contribution in [-0.4, -0.2) is 43.5 Å². The zero-order chi connectivity index (χ0) is 16.3. The van der Waals surface area contributed by atoms with Crippen LogP contribution in [0, 0.1) is 11.6 Å².